The van der Waals surface area contributed by atoms with Gasteiger partial charge in [0.05, 0.1) is 0 Å². The highest BCUT2D eigenvalue weighted by Crippen LogP contribution is 2.32. The second-order valence-corrected chi connectivity index (χ2v) is 6.25. The van der Waals surface area contributed by atoms with Crippen molar-refractivity contribution in [3.63, 3.8) is 0 Å². The van der Waals surface area contributed by atoms with Crippen LogP contribution in [0.1, 0.15) is 16.8 Å². The molecule has 0 fully saturated rings. The Morgan fingerprint density at radius 2 is 2.07 bits per heavy atom. The lowest BCUT2D eigenvalue weighted by Gasteiger charge is -2.06. The maximum absolute atomic E-state index is 12.5. The van der Waals surface area contributed by atoms with Gasteiger partial charge in [0.15, 0.2) is 11.5 Å². The number of aromatic amines is 1. The monoisotopic (exact) mass is 359 g/mol. The van der Waals surface area contributed by atoms with E-state index in [1.165, 1.54) is 0 Å². The first kappa shape index (κ1) is 16.7. The van der Waals surface area contributed by atoms with Crippen molar-refractivity contribution in [1.82, 2.24) is 10.3 Å². The standard InChI is InChI=1S/C21H17N3O3/c1-13-17(16-4-2-3-5-18(16)24-13)9-15(10-22)21(25)23-11-14-6-7-19-20(8-14)27-12-26-19/h2-9,24H,11-12H2,1H3,(H,23,25)/b15-9+. The van der Waals surface area contributed by atoms with Gasteiger partial charge in [-0.05, 0) is 36.8 Å². The molecule has 6 nitrogen and oxygen atoms in total. The number of aromatic nitrogens is 1. The third-order valence-corrected chi connectivity index (χ3v) is 4.49. The number of nitrogens with zero attached hydrogens (tertiary/aromatic N) is 1. The number of H-pyrrole nitrogens is 1. The van der Waals surface area contributed by atoms with E-state index >= 15 is 0 Å². The van der Waals surface area contributed by atoms with E-state index in [2.05, 4.69) is 10.3 Å². The molecule has 0 aliphatic carbocycles. The van der Waals surface area contributed by atoms with Gasteiger partial charge in [-0.15, -0.1) is 0 Å². The molecule has 0 spiro atoms. The molecule has 2 N–H and O–H groups in total. The van der Waals surface area contributed by atoms with Crippen molar-refractivity contribution < 1.29 is 14.3 Å². The van der Waals surface area contributed by atoms with E-state index < -0.39 is 5.91 Å². The molecule has 0 radical (unpaired) electrons. The number of rotatable bonds is 4. The number of amides is 1. The van der Waals surface area contributed by atoms with Crippen LogP contribution in [0.3, 0.4) is 0 Å². The Bertz CT molecular complexity index is 1110. The first-order chi connectivity index (χ1) is 13.2. The van der Waals surface area contributed by atoms with E-state index in [1.807, 2.05) is 49.4 Å². The number of para-hydroxylation sites is 1. The Hall–Kier alpha value is -3.72. The summed E-state index contributed by atoms with van der Waals surface area (Å²) in [7, 11) is 0. The number of hydrogen-bond acceptors (Lipinski definition) is 4. The van der Waals surface area contributed by atoms with Crippen molar-refractivity contribution in [2.75, 3.05) is 6.79 Å². The van der Waals surface area contributed by atoms with Gasteiger partial charge in [-0.3, -0.25) is 4.79 Å². The van der Waals surface area contributed by atoms with Crippen LogP contribution in [-0.4, -0.2) is 17.7 Å². The molecule has 0 bridgehead atoms. The number of fused-ring (bicyclic) bond motifs is 2. The molecule has 1 amide bonds. The maximum atomic E-state index is 12.5. The van der Waals surface area contributed by atoms with Crippen LogP contribution in [0.4, 0.5) is 0 Å². The molecule has 27 heavy (non-hydrogen) atoms. The normalized spacial score (nSPS) is 12.8. The van der Waals surface area contributed by atoms with E-state index in [-0.39, 0.29) is 12.4 Å². The van der Waals surface area contributed by atoms with Gasteiger partial charge in [0.1, 0.15) is 11.6 Å². The van der Waals surface area contributed by atoms with Gasteiger partial charge in [0.25, 0.3) is 5.91 Å². The first-order valence-electron chi connectivity index (χ1n) is 8.51. The minimum atomic E-state index is -0.417. The predicted octanol–water partition coefficient (Wildman–Crippen LogP) is 3.43. The number of aryl methyl sites for hydroxylation is 1. The molecule has 2 heterocycles. The van der Waals surface area contributed by atoms with Gasteiger partial charge in [-0.1, -0.05) is 24.3 Å². The Kier molecular flexibility index (Phi) is 4.27. The predicted molar refractivity (Wildman–Crippen MR) is 101 cm³/mol. The molecule has 1 aliphatic heterocycles. The second kappa shape index (κ2) is 6.89. The highest BCUT2D eigenvalue weighted by Gasteiger charge is 2.15. The topological polar surface area (TPSA) is 87.1 Å². The van der Waals surface area contributed by atoms with Crippen molar-refractivity contribution in [2.24, 2.45) is 0 Å². The van der Waals surface area contributed by atoms with Crippen molar-refractivity contribution in [3.8, 4) is 17.6 Å². The minimum Gasteiger partial charge on any atom is -0.454 e. The third-order valence-electron chi connectivity index (χ3n) is 4.49. The van der Waals surface area contributed by atoms with E-state index in [4.69, 9.17) is 9.47 Å². The largest absolute Gasteiger partial charge is 0.454 e. The Balaban J connectivity index is 1.53. The summed E-state index contributed by atoms with van der Waals surface area (Å²) in [5, 5.41) is 13.2. The van der Waals surface area contributed by atoms with Gasteiger partial charge >= 0.3 is 0 Å². The Morgan fingerprint density at radius 3 is 2.93 bits per heavy atom. The highest BCUT2D eigenvalue weighted by molar-refractivity contribution is 6.04. The van der Waals surface area contributed by atoms with Crippen LogP contribution in [0, 0.1) is 18.3 Å². The summed E-state index contributed by atoms with van der Waals surface area (Å²) in [4.78, 5) is 15.8. The fourth-order valence-electron chi connectivity index (χ4n) is 3.11. The summed E-state index contributed by atoms with van der Waals surface area (Å²) < 4.78 is 10.6. The van der Waals surface area contributed by atoms with Crippen LogP contribution in [-0.2, 0) is 11.3 Å². The molecule has 6 heteroatoms. The molecule has 0 atom stereocenters. The summed E-state index contributed by atoms with van der Waals surface area (Å²) in [5.74, 6) is 0.935. The zero-order chi connectivity index (χ0) is 18.8. The molecule has 3 aromatic rings. The highest BCUT2D eigenvalue weighted by atomic mass is 16.7. The van der Waals surface area contributed by atoms with Gasteiger partial charge in [0, 0.05) is 28.7 Å². The molecule has 0 saturated carbocycles. The average molecular weight is 359 g/mol. The number of carbonyl (C=O) groups excluding carboxylic acids is 1. The lowest BCUT2D eigenvalue weighted by molar-refractivity contribution is -0.117. The molecule has 2 aromatic carbocycles. The number of nitrogens with one attached hydrogen (secondary N) is 2. The van der Waals surface area contributed by atoms with Crippen molar-refractivity contribution >= 4 is 22.9 Å². The number of benzene rings is 2. The lowest BCUT2D eigenvalue weighted by Crippen LogP contribution is -2.23. The molecular weight excluding hydrogens is 342 g/mol. The SMILES string of the molecule is Cc1[nH]c2ccccc2c1/C=C(\C#N)C(=O)NCc1ccc2c(c1)OCO2. The van der Waals surface area contributed by atoms with Gasteiger partial charge in [-0.2, -0.15) is 5.26 Å². The fraction of sp³-hybridized carbons (Fsp3) is 0.143. The minimum absolute atomic E-state index is 0.0589. The van der Waals surface area contributed by atoms with Gasteiger partial charge < -0.3 is 19.8 Å². The molecule has 4 rings (SSSR count). The number of carbonyl (C=O) groups is 1. The van der Waals surface area contributed by atoms with Crippen LogP contribution >= 0.6 is 0 Å². The van der Waals surface area contributed by atoms with Crippen molar-refractivity contribution in [1.29, 1.82) is 5.26 Å². The second-order valence-electron chi connectivity index (χ2n) is 6.25. The molecule has 1 aliphatic rings. The molecule has 134 valence electrons. The van der Waals surface area contributed by atoms with Crippen LogP contribution in [0.5, 0.6) is 11.5 Å². The van der Waals surface area contributed by atoms with Crippen LogP contribution in [0.15, 0.2) is 48.0 Å². The molecule has 1 aromatic heterocycles. The van der Waals surface area contributed by atoms with Crippen LogP contribution in [0.2, 0.25) is 0 Å². The van der Waals surface area contributed by atoms with Gasteiger partial charge in [-0.25, -0.2) is 0 Å². The number of hydrogen-bond donors (Lipinski definition) is 2. The zero-order valence-corrected chi connectivity index (χ0v) is 14.7. The Morgan fingerprint density at radius 1 is 1.26 bits per heavy atom. The molecule has 0 unspecified atom stereocenters. The first-order valence-corrected chi connectivity index (χ1v) is 8.51. The van der Waals surface area contributed by atoms with Crippen molar-refractivity contribution in [3.05, 3.63) is 64.9 Å². The summed E-state index contributed by atoms with van der Waals surface area (Å²) in [5.41, 5.74) is 3.66. The average Bonchev–Trinajstić information content (AvgIpc) is 3.27. The van der Waals surface area contributed by atoms with E-state index in [0.29, 0.717) is 18.0 Å². The number of ether oxygens (including phenoxy) is 2. The maximum Gasteiger partial charge on any atom is 0.262 e. The fourth-order valence-corrected chi connectivity index (χ4v) is 3.11. The smallest absolute Gasteiger partial charge is 0.262 e. The molecule has 0 saturated heterocycles. The summed E-state index contributed by atoms with van der Waals surface area (Å²) >= 11 is 0. The quantitative estimate of drug-likeness (QED) is 0.552. The number of nitriles is 1. The van der Waals surface area contributed by atoms with Crippen LogP contribution in [0.25, 0.3) is 17.0 Å². The summed E-state index contributed by atoms with van der Waals surface area (Å²) in [6, 6.07) is 15.3. The molecular formula is C21H17N3O3. The Labute approximate surface area is 156 Å². The van der Waals surface area contributed by atoms with Crippen LogP contribution < -0.4 is 14.8 Å². The van der Waals surface area contributed by atoms with E-state index in [0.717, 1.165) is 27.7 Å². The third kappa shape index (κ3) is 3.23. The van der Waals surface area contributed by atoms with Gasteiger partial charge in [0.2, 0.25) is 6.79 Å². The summed E-state index contributed by atoms with van der Waals surface area (Å²) in [6.45, 7) is 2.42. The van der Waals surface area contributed by atoms with Crippen molar-refractivity contribution in [2.45, 2.75) is 13.5 Å². The van der Waals surface area contributed by atoms with E-state index in [1.54, 1.807) is 12.1 Å². The summed E-state index contributed by atoms with van der Waals surface area (Å²) in [6.07, 6.45) is 1.63. The van der Waals surface area contributed by atoms with E-state index in [9.17, 15) is 10.1 Å². The lowest BCUT2D eigenvalue weighted by atomic mass is 10.1. The zero-order valence-electron chi connectivity index (χ0n) is 14.7.